The Morgan fingerprint density at radius 2 is 2.13 bits per heavy atom. The van der Waals surface area contributed by atoms with Gasteiger partial charge in [0.25, 0.3) is 0 Å². The Hall–Kier alpha value is -0.290. The quantitative estimate of drug-likeness (QED) is 0.866. The fourth-order valence-electron chi connectivity index (χ4n) is 1.82. The van der Waals surface area contributed by atoms with Gasteiger partial charge in [-0.2, -0.15) is 0 Å². The highest BCUT2D eigenvalue weighted by molar-refractivity contribution is 14.1. The molecular formula is C12H16INO. The van der Waals surface area contributed by atoms with Crippen LogP contribution in [0.5, 0.6) is 5.75 Å². The highest BCUT2D eigenvalue weighted by Crippen LogP contribution is 2.18. The average Bonchev–Trinajstić information content (AvgIpc) is 2.28. The highest BCUT2D eigenvalue weighted by atomic mass is 127. The maximum atomic E-state index is 5.79. The second-order valence-electron chi connectivity index (χ2n) is 3.96. The van der Waals surface area contributed by atoms with Crippen LogP contribution in [0.15, 0.2) is 24.3 Å². The van der Waals surface area contributed by atoms with Gasteiger partial charge in [-0.25, -0.2) is 0 Å². The van der Waals surface area contributed by atoms with Crippen molar-refractivity contribution >= 4 is 22.6 Å². The third kappa shape index (κ3) is 3.65. The number of benzene rings is 1. The maximum absolute atomic E-state index is 5.79. The van der Waals surface area contributed by atoms with Gasteiger partial charge in [0, 0.05) is 3.57 Å². The number of hydrogen-bond acceptors (Lipinski definition) is 2. The van der Waals surface area contributed by atoms with E-state index in [9.17, 15) is 0 Å². The Morgan fingerprint density at radius 1 is 1.33 bits per heavy atom. The summed E-state index contributed by atoms with van der Waals surface area (Å²) in [7, 11) is 0. The van der Waals surface area contributed by atoms with Gasteiger partial charge in [-0.3, -0.25) is 0 Å². The van der Waals surface area contributed by atoms with Crippen molar-refractivity contribution in [1.82, 2.24) is 5.32 Å². The molecule has 2 nitrogen and oxygen atoms in total. The number of ether oxygens (including phenoxy) is 1. The molecule has 0 atom stereocenters. The molecule has 0 aromatic heterocycles. The van der Waals surface area contributed by atoms with Crippen molar-refractivity contribution in [3.05, 3.63) is 27.8 Å². The minimum atomic E-state index is 0.726. The van der Waals surface area contributed by atoms with Crippen molar-refractivity contribution in [3.8, 4) is 5.75 Å². The lowest BCUT2D eigenvalue weighted by Gasteiger charge is -2.22. The molecule has 0 saturated carbocycles. The topological polar surface area (TPSA) is 21.3 Å². The molecule has 1 heterocycles. The largest absolute Gasteiger partial charge is 0.493 e. The van der Waals surface area contributed by atoms with Gasteiger partial charge in [-0.1, -0.05) is 6.07 Å². The first-order valence-corrected chi connectivity index (χ1v) is 6.51. The Bertz CT molecular complexity index is 310. The van der Waals surface area contributed by atoms with E-state index in [0.29, 0.717) is 0 Å². The summed E-state index contributed by atoms with van der Waals surface area (Å²) in [6, 6.07) is 8.24. The van der Waals surface area contributed by atoms with Crippen LogP contribution in [-0.2, 0) is 0 Å². The van der Waals surface area contributed by atoms with Gasteiger partial charge >= 0.3 is 0 Å². The van der Waals surface area contributed by atoms with Crippen molar-refractivity contribution in [2.24, 2.45) is 5.92 Å². The van der Waals surface area contributed by atoms with E-state index in [1.165, 1.54) is 16.4 Å². The zero-order valence-electron chi connectivity index (χ0n) is 8.71. The Labute approximate surface area is 105 Å². The molecule has 0 spiro atoms. The van der Waals surface area contributed by atoms with Crippen LogP contribution < -0.4 is 10.1 Å². The summed E-state index contributed by atoms with van der Waals surface area (Å²) in [6.45, 7) is 3.14. The minimum absolute atomic E-state index is 0.726. The van der Waals surface area contributed by atoms with Gasteiger partial charge < -0.3 is 10.1 Å². The van der Waals surface area contributed by atoms with Crippen LogP contribution in [-0.4, -0.2) is 19.7 Å². The van der Waals surface area contributed by atoms with Crippen LogP contribution >= 0.6 is 22.6 Å². The van der Waals surface area contributed by atoms with E-state index in [4.69, 9.17) is 4.74 Å². The van der Waals surface area contributed by atoms with E-state index in [1.54, 1.807) is 0 Å². The molecule has 2 rings (SSSR count). The summed E-state index contributed by atoms with van der Waals surface area (Å²) in [5, 5.41) is 3.37. The van der Waals surface area contributed by atoms with Crippen LogP contribution in [0.25, 0.3) is 0 Å². The third-order valence-corrected chi connectivity index (χ3v) is 3.41. The van der Waals surface area contributed by atoms with E-state index >= 15 is 0 Å². The second kappa shape index (κ2) is 5.70. The third-order valence-electron chi connectivity index (χ3n) is 2.74. The normalized spacial score (nSPS) is 17.7. The van der Waals surface area contributed by atoms with E-state index in [-0.39, 0.29) is 0 Å². The molecule has 1 aliphatic heterocycles. The zero-order valence-corrected chi connectivity index (χ0v) is 10.9. The number of hydrogen-bond donors (Lipinski definition) is 1. The lowest BCUT2D eigenvalue weighted by molar-refractivity contribution is 0.215. The molecule has 1 aliphatic rings. The van der Waals surface area contributed by atoms with E-state index in [0.717, 1.165) is 31.4 Å². The van der Waals surface area contributed by atoms with Gasteiger partial charge in [-0.05, 0) is 72.6 Å². The van der Waals surface area contributed by atoms with E-state index in [1.807, 2.05) is 12.1 Å². The molecule has 1 saturated heterocycles. The van der Waals surface area contributed by atoms with E-state index in [2.05, 4.69) is 40.0 Å². The van der Waals surface area contributed by atoms with Crippen molar-refractivity contribution in [2.45, 2.75) is 12.8 Å². The van der Waals surface area contributed by atoms with Gasteiger partial charge in [0.1, 0.15) is 5.75 Å². The van der Waals surface area contributed by atoms with Crippen molar-refractivity contribution in [1.29, 1.82) is 0 Å². The summed E-state index contributed by atoms with van der Waals surface area (Å²) in [5.41, 5.74) is 0. The number of piperidine rings is 1. The van der Waals surface area contributed by atoms with Gasteiger partial charge in [-0.15, -0.1) is 0 Å². The highest BCUT2D eigenvalue weighted by Gasteiger charge is 2.13. The number of rotatable bonds is 3. The molecule has 1 N–H and O–H groups in total. The van der Waals surface area contributed by atoms with Crippen LogP contribution in [0.4, 0.5) is 0 Å². The Kier molecular flexibility index (Phi) is 4.26. The van der Waals surface area contributed by atoms with Gasteiger partial charge in [0.15, 0.2) is 0 Å². The summed E-state index contributed by atoms with van der Waals surface area (Å²) < 4.78 is 7.03. The van der Waals surface area contributed by atoms with Crippen LogP contribution in [0.2, 0.25) is 0 Å². The SMILES string of the molecule is Ic1cccc(OCC2CCNCC2)c1. The fourth-order valence-corrected chi connectivity index (χ4v) is 2.33. The number of nitrogens with one attached hydrogen (secondary N) is 1. The molecule has 15 heavy (non-hydrogen) atoms. The van der Waals surface area contributed by atoms with Crippen molar-refractivity contribution in [3.63, 3.8) is 0 Å². The van der Waals surface area contributed by atoms with Gasteiger partial charge in [0.2, 0.25) is 0 Å². The number of halogens is 1. The molecule has 0 bridgehead atoms. The van der Waals surface area contributed by atoms with Gasteiger partial charge in [0.05, 0.1) is 6.61 Å². The zero-order chi connectivity index (χ0) is 10.5. The average molecular weight is 317 g/mol. The first-order valence-electron chi connectivity index (χ1n) is 5.44. The Morgan fingerprint density at radius 3 is 2.87 bits per heavy atom. The smallest absolute Gasteiger partial charge is 0.120 e. The monoisotopic (exact) mass is 317 g/mol. The van der Waals surface area contributed by atoms with Crippen LogP contribution in [0.1, 0.15) is 12.8 Å². The summed E-state index contributed by atoms with van der Waals surface area (Å²) in [6.07, 6.45) is 2.48. The lowest BCUT2D eigenvalue weighted by atomic mass is 9.99. The molecule has 0 unspecified atom stereocenters. The summed E-state index contributed by atoms with van der Waals surface area (Å²) >= 11 is 2.31. The summed E-state index contributed by atoms with van der Waals surface area (Å²) in [4.78, 5) is 0. The fraction of sp³-hybridized carbons (Fsp3) is 0.500. The molecule has 82 valence electrons. The predicted octanol–water partition coefficient (Wildman–Crippen LogP) is 2.67. The molecule has 0 amide bonds. The molecule has 0 radical (unpaired) electrons. The molecule has 1 aromatic rings. The van der Waals surface area contributed by atoms with Crippen LogP contribution in [0.3, 0.4) is 0 Å². The maximum Gasteiger partial charge on any atom is 0.120 e. The molecule has 3 heteroatoms. The van der Waals surface area contributed by atoms with Crippen molar-refractivity contribution in [2.75, 3.05) is 19.7 Å². The lowest BCUT2D eigenvalue weighted by Crippen LogP contribution is -2.30. The molecule has 0 aliphatic carbocycles. The molecule has 1 aromatic carbocycles. The van der Waals surface area contributed by atoms with Crippen molar-refractivity contribution < 1.29 is 4.74 Å². The summed E-state index contributed by atoms with van der Waals surface area (Å²) in [5.74, 6) is 1.73. The Balaban J connectivity index is 1.81. The predicted molar refractivity (Wildman–Crippen MR) is 70.2 cm³/mol. The van der Waals surface area contributed by atoms with Crippen LogP contribution in [0, 0.1) is 9.49 Å². The molecule has 1 fully saturated rings. The second-order valence-corrected chi connectivity index (χ2v) is 5.21. The standard InChI is InChI=1S/C12H16INO/c13-11-2-1-3-12(8-11)15-9-10-4-6-14-7-5-10/h1-3,8,10,14H,4-7,9H2. The van der Waals surface area contributed by atoms with E-state index < -0.39 is 0 Å². The first kappa shape index (κ1) is 11.2. The minimum Gasteiger partial charge on any atom is -0.493 e. The molecular weight excluding hydrogens is 301 g/mol. The first-order chi connectivity index (χ1) is 7.34.